The minimum absolute atomic E-state index is 0.300. The molecule has 2 aromatic heterocycles. The van der Waals surface area contributed by atoms with E-state index in [0.717, 1.165) is 47.5 Å². The van der Waals surface area contributed by atoms with Crippen LogP contribution in [0.15, 0.2) is 48.5 Å². The molecule has 4 N–H and O–H groups in total. The second kappa shape index (κ2) is 12.5. The van der Waals surface area contributed by atoms with Gasteiger partial charge in [0.2, 0.25) is 0 Å². The number of hydrogen-bond donors (Lipinski definition) is 4. The molecule has 0 saturated carbocycles. The summed E-state index contributed by atoms with van der Waals surface area (Å²) in [4.78, 5) is 25.4. The van der Waals surface area contributed by atoms with Crippen LogP contribution in [0.4, 0.5) is 0 Å². The van der Waals surface area contributed by atoms with Gasteiger partial charge in [0.1, 0.15) is 24.2 Å². The molecule has 39 heavy (non-hydrogen) atoms. The number of nitrogens with zero attached hydrogens (tertiary/aromatic N) is 1. The SMILES string of the molecule is COc1ccc2cc([C@H]3CCN(C[C@H](O)COc4cccc5[nH]c(C)cc45)[C@H](C)C3)sc2c1.O=C(O)C(=O)O. The van der Waals surface area contributed by atoms with Crippen molar-refractivity contribution >= 4 is 44.3 Å². The van der Waals surface area contributed by atoms with E-state index in [2.05, 4.69) is 41.1 Å². The van der Waals surface area contributed by atoms with Crippen LogP contribution in [0, 0.1) is 6.92 Å². The van der Waals surface area contributed by atoms with Gasteiger partial charge < -0.3 is 29.8 Å². The molecule has 0 amide bonds. The zero-order valence-corrected chi connectivity index (χ0v) is 23.0. The van der Waals surface area contributed by atoms with E-state index in [1.165, 1.54) is 15.0 Å². The Kier molecular flexibility index (Phi) is 9.11. The molecule has 1 saturated heterocycles. The predicted octanol–water partition coefficient (Wildman–Crippen LogP) is 4.86. The molecule has 5 rings (SSSR count). The number of aliphatic hydroxyl groups excluding tert-OH is 1. The van der Waals surface area contributed by atoms with Gasteiger partial charge in [0.25, 0.3) is 0 Å². The highest BCUT2D eigenvalue weighted by Gasteiger charge is 2.29. The normalized spacial score (nSPS) is 18.4. The number of hydrogen-bond acceptors (Lipinski definition) is 7. The van der Waals surface area contributed by atoms with E-state index in [4.69, 9.17) is 29.3 Å². The van der Waals surface area contributed by atoms with Crippen LogP contribution in [0.3, 0.4) is 0 Å². The molecule has 0 aliphatic carbocycles. The molecule has 1 aliphatic rings. The van der Waals surface area contributed by atoms with Crippen LogP contribution >= 0.6 is 11.3 Å². The van der Waals surface area contributed by atoms with Crippen molar-refractivity contribution < 1.29 is 34.4 Å². The number of likely N-dealkylation sites (tertiary alicyclic amines) is 1. The largest absolute Gasteiger partial charge is 0.497 e. The standard InChI is InChI=1S/C27H32N2O3S.C2H2O4/c1-17-11-23-24(28-17)5-4-6-25(23)32-16-21(30)15-29-10-9-20(12-18(29)2)26-13-19-7-8-22(31-3)14-27(19)33-26;3-1(4)2(5)6/h4-8,11,13-14,18,20-21,28,30H,9-10,12,15-16H2,1-3H3;(H,3,4)(H,5,6)/t18-,20+,21+;/m1./s1. The van der Waals surface area contributed by atoms with Crippen LogP contribution in [0.2, 0.25) is 0 Å². The number of aromatic nitrogens is 1. The lowest BCUT2D eigenvalue weighted by Gasteiger charge is -2.38. The fraction of sp³-hybridized carbons (Fsp3) is 0.379. The van der Waals surface area contributed by atoms with E-state index in [1.54, 1.807) is 7.11 Å². The Balaban J connectivity index is 0.000000531. The maximum Gasteiger partial charge on any atom is 0.414 e. The summed E-state index contributed by atoms with van der Waals surface area (Å²) in [6.07, 6.45) is 1.71. The zero-order chi connectivity index (χ0) is 28.1. The topological polar surface area (TPSA) is 132 Å². The zero-order valence-electron chi connectivity index (χ0n) is 22.2. The van der Waals surface area contributed by atoms with Gasteiger partial charge in [-0.3, -0.25) is 4.90 Å². The third-order valence-electron chi connectivity index (χ3n) is 6.98. The Labute approximate surface area is 230 Å². The van der Waals surface area contributed by atoms with Gasteiger partial charge in [0.05, 0.1) is 7.11 Å². The van der Waals surface area contributed by atoms with Crippen molar-refractivity contribution in [1.82, 2.24) is 9.88 Å². The Hall–Kier alpha value is -3.60. The van der Waals surface area contributed by atoms with Gasteiger partial charge in [0, 0.05) is 38.8 Å². The molecule has 3 atom stereocenters. The number of ether oxygens (including phenoxy) is 2. The number of methoxy groups -OCH3 is 1. The van der Waals surface area contributed by atoms with E-state index in [0.29, 0.717) is 25.1 Å². The van der Waals surface area contributed by atoms with Gasteiger partial charge in [-0.2, -0.15) is 0 Å². The lowest BCUT2D eigenvalue weighted by atomic mass is 9.90. The third-order valence-corrected chi connectivity index (χ3v) is 8.24. The fourth-order valence-corrected chi connectivity index (χ4v) is 6.25. The molecule has 1 fully saturated rings. The minimum atomic E-state index is -1.82. The number of piperidine rings is 1. The van der Waals surface area contributed by atoms with Gasteiger partial charge in [-0.25, -0.2) is 9.59 Å². The van der Waals surface area contributed by atoms with Gasteiger partial charge in [-0.1, -0.05) is 6.07 Å². The summed E-state index contributed by atoms with van der Waals surface area (Å²) < 4.78 is 12.7. The van der Waals surface area contributed by atoms with Crippen LogP contribution in [0.1, 0.15) is 36.3 Å². The van der Waals surface area contributed by atoms with Crippen LogP contribution in [-0.4, -0.2) is 76.1 Å². The highest BCUT2D eigenvalue weighted by atomic mass is 32.1. The highest BCUT2D eigenvalue weighted by Crippen LogP contribution is 2.39. The number of carboxylic acids is 2. The molecule has 0 unspecified atom stereocenters. The first kappa shape index (κ1) is 28.4. The van der Waals surface area contributed by atoms with Crippen molar-refractivity contribution in [3.05, 3.63) is 59.1 Å². The van der Waals surface area contributed by atoms with Gasteiger partial charge in [0.15, 0.2) is 0 Å². The summed E-state index contributed by atoms with van der Waals surface area (Å²) in [6, 6.07) is 17.2. The number of carbonyl (C=O) groups is 2. The first-order valence-electron chi connectivity index (χ1n) is 12.8. The van der Waals surface area contributed by atoms with Gasteiger partial charge >= 0.3 is 11.9 Å². The van der Waals surface area contributed by atoms with Crippen molar-refractivity contribution in [3.63, 3.8) is 0 Å². The monoisotopic (exact) mass is 554 g/mol. The molecule has 0 spiro atoms. The molecular weight excluding hydrogens is 520 g/mol. The summed E-state index contributed by atoms with van der Waals surface area (Å²) >= 11 is 1.89. The maximum atomic E-state index is 10.7. The van der Waals surface area contributed by atoms with Crippen LogP contribution < -0.4 is 9.47 Å². The highest BCUT2D eigenvalue weighted by molar-refractivity contribution is 7.19. The van der Waals surface area contributed by atoms with Crippen LogP contribution in [0.5, 0.6) is 11.5 Å². The number of β-amino-alcohol motifs (C(OH)–C–C–N with tert-alkyl or cyclic N) is 1. The van der Waals surface area contributed by atoms with Crippen molar-refractivity contribution in [2.24, 2.45) is 0 Å². The van der Waals surface area contributed by atoms with E-state index < -0.39 is 18.0 Å². The average Bonchev–Trinajstić information content (AvgIpc) is 3.51. The Bertz CT molecular complexity index is 1430. The fourth-order valence-electron chi connectivity index (χ4n) is 5.01. The second-order valence-corrected chi connectivity index (χ2v) is 11.0. The molecule has 9 nitrogen and oxygen atoms in total. The predicted molar refractivity (Wildman–Crippen MR) is 151 cm³/mol. The number of aliphatic hydroxyl groups is 1. The van der Waals surface area contributed by atoms with Crippen LogP contribution in [0.25, 0.3) is 21.0 Å². The Morgan fingerprint density at radius 1 is 1.15 bits per heavy atom. The minimum Gasteiger partial charge on any atom is -0.497 e. The maximum absolute atomic E-state index is 10.7. The van der Waals surface area contributed by atoms with Crippen LogP contribution in [-0.2, 0) is 9.59 Å². The summed E-state index contributed by atoms with van der Waals surface area (Å²) in [5.41, 5.74) is 2.17. The number of rotatable bonds is 7. The van der Waals surface area contributed by atoms with Crippen molar-refractivity contribution in [3.8, 4) is 11.5 Å². The van der Waals surface area contributed by atoms with E-state index in [-0.39, 0.29) is 0 Å². The molecule has 208 valence electrons. The number of nitrogens with one attached hydrogen (secondary N) is 1. The summed E-state index contributed by atoms with van der Waals surface area (Å²) in [5, 5.41) is 27.8. The average molecular weight is 555 g/mol. The molecule has 3 heterocycles. The molecular formula is C29H34N2O7S. The molecule has 1 aliphatic heterocycles. The van der Waals surface area contributed by atoms with Gasteiger partial charge in [-0.15, -0.1) is 11.3 Å². The number of H-pyrrole nitrogens is 1. The molecule has 4 aromatic rings. The van der Waals surface area contributed by atoms with Crippen molar-refractivity contribution in [2.45, 2.75) is 44.8 Å². The number of carboxylic acid groups (broad SMARTS) is 2. The molecule has 0 bridgehead atoms. The number of aliphatic carboxylic acids is 2. The number of aryl methyl sites for hydroxylation is 1. The Morgan fingerprint density at radius 2 is 1.92 bits per heavy atom. The second-order valence-electron chi connectivity index (χ2n) is 9.86. The third kappa shape index (κ3) is 7.08. The number of benzene rings is 2. The lowest BCUT2D eigenvalue weighted by molar-refractivity contribution is -0.159. The van der Waals surface area contributed by atoms with E-state index in [9.17, 15) is 5.11 Å². The first-order chi connectivity index (χ1) is 18.6. The number of aromatic amines is 1. The number of fused-ring (bicyclic) bond motifs is 2. The molecule has 2 aromatic carbocycles. The quantitative estimate of drug-likeness (QED) is 0.238. The smallest absolute Gasteiger partial charge is 0.414 e. The summed E-state index contributed by atoms with van der Waals surface area (Å²) in [6.45, 7) is 6.25. The first-order valence-corrected chi connectivity index (χ1v) is 13.6. The van der Waals surface area contributed by atoms with E-state index in [1.807, 2.05) is 42.5 Å². The molecule has 10 heteroatoms. The molecule has 0 radical (unpaired) electrons. The lowest BCUT2D eigenvalue weighted by Crippen LogP contribution is -2.45. The Morgan fingerprint density at radius 3 is 2.62 bits per heavy atom. The summed E-state index contributed by atoms with van der Waals surface area (Å²) in [7, 11) is 1.72. The van der Waals surface area contributed by atoms with Gasteiger partial charge in [-0.05, 0) is 87.0 Å². The summed E-state index contributed by atoms with van der Waals surface area (Å²) in [5.74, 6) is -1.34. The van der Waals surface area contributed by atoms with Crippen molar-refractivity contribution in [1.29, 1.82) is 0 Å². The van der Waals surface area contributed by atoms with Crippen molar-refractivity contribution in [2.75, 3.05) is 26.8 Å². The number of thiophene rings is 1. The van der Waals surface area contributed by atoms with E-state index >= 15 is 0 Å².